The van der Waals surface area contributed by atoms with Crippen molar-refractivity contribution in [1.29, 1.82) is 0 Å². The molecule has 2 N–H and O–H groups in total. The van der Waals surface area contributed by atoms with Crippen LogP contribution in [0, 0.1) is 0 Å². The first-order chi connectivity index (χ1) is 8.96. The summed E-state index contributed by atoms with van der Waals surface area (Å²) in [4.78, 5) is 2.28. The lowest BCUT2D eigenvalue weighted by atomic mass is 10.0. The third-order valence-electron chi connectivity index (χ3n) is 3.53. The summed E-state index contributed by atoms with van der Waals surface area (Å²) in [5.41, 5.74) is 7.69. The highest BCUT2D eigenvalue weighted by atomic mass is 35.5. The fourth-order valence-electron chi connectivity index (χ4n) is 2.39. The fourth-order valence-corrected chi connectivity index (χ4v) is 2.39. The van der Waals surface area contributed by atoms with E-state index in [-0.39, 0.29) is 18.8 Å². The Bertz CT molecular complexity index is 400. The topological polar surface area (TPSA) is 29.3 Å². The summed E-state index contributed by atoms with van der Waals surface area (Å²) in [6, 6.07) is 7.04. The van der Waals surface area contributed by atoms with Crippen molar-refractivity contribution in [2.75, 3.05) is 18.0 Å². The van der Waals surface area contributed by atoms with Crippen LogP contribution in [0.3, 0.4) is 0 Å². The molecule has 0 amide bonds. The normalized spacial score (nSPS) is 16.9. The zero-order valence-corrected chi connectivity index (χ0v) is 12.0. The van der Waals surface area contributed by atoms with E-state index in [9.17, 15) is 13.2 Å². The molecule has 0 aliphatic carbocycles. The van der Waals surface area contributed by atoms with Crippen LogP contribution in [0.2, 0.25) is 0 Å². The zero-order chi connectivity index (χ0) is 13.9. The molecular weight excluding hydrogens is 289 g/mol. The summed E-state index contributed by atoms with van der Waals surface area (Å²) in [6.07, 6.45) is -2.62. The van der Waals surface area contributed by atoms with Crippen molar-refractivity contribution in [3.63, 3.8) is 0 Å². The van der Waals surface area contributed by atoms with Gasteiger partial charge in [0, 0.05) is 31.2 Å². The van der Waals surface area contributed by atoms with Crippen molar-refractivity contribution in [2.24, 2.45) is 5.73 Å². The molecule has 0 unspecified atom stereocenters. The van der Waals surface area contributed by atoms with Gasteiger partial charge in [-0.25, -0.2) is 0 Å². The fraction of sp³-hybridized carbons (Fsp3) is 0.571. The summed E-state index contributed by atoms with van der Waals surface area (Å²) in [6.45, 7) is 2.11. The first-order valence-electron chi connectivity index (χ1n) is 6.63. The van der Waals surface area contributed by atoms with Gasteiger partial charge in [0.2, 0.25) is 0 Å². The summed E-state index contributed by atoms with van der Waals surface area (Å²) < 4.78 is 36.4. The van der Waals surface area contributed by atoms with Crippen molar-refractivity contribution in [3.8, 4) is 0 Å². The van der Waals surface area contributed by atoms with Gasteiger partial charge in [-0.15, -0.1) is 12.4 Å². The third kappa shape index (κ3) is 4.87. The molecule has 6 heteroatoms. The van der Waals surface area contributed by atoms with Crippen LogP contribution in [0.4, 0.5) is 18.9 Å². The standard InChI is InChI=1S/C14H19F3N2.ClH/c15-14(16,17)8-7-13(18)11-3-5-12(6-4-11)19-9-1-2-10-19;/h3-6,13H,1-2,7-10,18H2;1H/t13-;/m0./s1. The van der Waals surface area contributed by atoms with E-state index < -0.39 is 18.6 Å². The molecule has 2 nitrogen and oxygen atoms in total. The lowest BCUT2D eigenvalue weighted by molar-refractivity contribution is -0.136. The Morgan fingerprint density at radius 3 is 2.15 bits per heavy atom. The minimum absolute atomic E-state index is 0. The molecule has 1 saturated heterocycles. The molecule has 1 aliphatic heterocycles. The van der Waals surface area contributed by atoms with Gasteiger partial charge in [-0.05, 0) is 37.0 Å². The van der Waals surface area contributed by atoms with Crippen molar-refractivity contribution in [3.05, 3.63) is 29.8 Å². The van der Waals surface area contributed by atoms with E-state index in [1.165, 1.54) is 12.8 Å². The number of alkyl halides is 3. The molecule has 0 spiro atoms. The van der Waals surface area contributed by atoms with Gasteiger partial charge >= 0.3 is 6.18 Å². The largest absolute Gasteiger partial charge is 0.389 e. The predicted octanol–water partition coefficient (Wildman–Crippen LogP) is 4.05. The minimum atomic E-state index is -4.13. The Kier molecular flexibility index (Phi) is 6.14. The Balaban J connectivity index is 0.00000200. The third-order valence-corrected chi connectivity index (χ3v) is 3.53. The quantitative estimate of drug-likeness (QED) is 0.909. The number of benzene rings is 1. The van der Waals surface area contributed by atoms with Crippen molar-refractivity contribution in [1.82, 2.24) is 0 Å². The molecule has 1 aromatic carbocycles. The molecule has 20 heavy (non-hydrogen) atoms. The summed E-state index contributed by atoms with van der Waals surface area (Å²) in [7, 11) is 0. The van der Waals surface area contributed by atoms with Crippen LogP contribution in [0.15, 0.2) is 24.3 Å². The van der Waals surface area contributed by atoms with E-state index in [1.54, 1.807) is 0 Å². The van der Waals surface area contributed by atoms with Gasteiger partial charge in [0.15, 0.2) is 0 Å². The van der Waals surface area contributed by atoms with Crippen molar-refractivity contribution in [2.45, 2.75) is 37.9 Å². The van der Waals surface area contributed by atoms with Gasteiger partial charge in [0.1, 0.15) is 0 Å². The van der Waals surface area contributed by atoms with Gasteiger partial charge in [-0.3, -0.25) is 0 Å². The maximum Gasteiger partial charge on any atom is 0.389 e. The molecular formula is C14H20ClF3N2. The lowest BCUT2D eigenvalue weighted by Gasteiger charge is -2.19. The zero-order valence-electron chi connectivity index (χ0n) is 11.2. The Morgan fingerprint density at radius 1 is 1.10 bits per heavy atom. The van der Waals surface area contributed by atoms with Gasteiger partial charge in [0.05, 0.1) is 0 Å². The van der Waals surface area contributed by atoms with E-state index in [1.807, 2.05) is 24.3 Å². The smallest absolute Gasteiger partial charge is 0.372 e. The second-order valence-corrected chi connectivity index (χ2v) is 5.05. The van der Waals surface area contributed by atoms with Crippen LogP contribution in [0.25, 0.3) is 0 Å². The van der Waals surface area contributed by atoms with E-state index in [4.69, 9.17) is 5.73 Å². The predicted molar refractivity (Wildman–Crippen MR) is 77.4 cm³/mol. The number of anilines is 1. The number of nitrogens with two attached hydrogens (primary N) is 1. The molecule has 1 fully saturated rings. The second-order valence-electron chi connectivity index (χ2n) is 5.05. The first kappa shape index (κ1) is 17.1. The second kappa shape index (κ2) is 7.18. The van der Waals surface area contributed by atoms with Crippen LogP contribution in [-0.2, 0) is 0 Å². The van der Waals surface area contributed by atoms with Gasteiger partial charge in [-0.1, -0.05) is 12.1 Å². The number of halogens is 4. The molecule has 0 bridgehead atoms. The maximum absolute atomic E-state index is 12.1. The number of hydrogen-bond donors (Lipinski definition) is 1. The Hall–Kier alpha value is -0.940. The van der Waals surface area contributed by atoms with Crippen molar-refractivity contribution < 1.29 is 13.2 Å². The molecule has 1 heterocycles. The average Bonchev–Trinajstić information content (AvgIpc) is 2.89. The molecule has 0 saturated carbocycles. The molecule has 1 atom stereocenters. The van der Waals surface area contributed by atoms with Gasteiger partial charge < -0.3 is 10.6 Å². The average molecular weight is 309 g/mol. The highest BCUT2D eigenvalue weighted by molar-refractivity contribution is 5.85. The van der Waals surface area contributed by atoms with Gasteiger partial charge in [-0.2, -0.15) is 13.2 Å². The SMILES string of the molecule is Cl.N[C@@H](CCC(F)(F)F)c1ccc(N2CCCC2)cc1. The maximum atomic E-state index is 12.1. The van der Waals surface area contributed by atoms with Crippen LogP contribution < -0.4 is 10.6 Å². The van der Waals surface area contributed by atoms with E-state index in [0.29, 0.717) is 0 Å². The number of nitrogens with zero attached hydrogens (tertiary/aromatic N) is 1. The monoisotopic (exact) mass is 308 g/mol. The molecule has 2 rings (SSSR count). The highest BCUT2D eigenvalue weighted by Crippen LogP contribution is 2.27. The summed E-state index contributed by atoms with van der Waals surface area (Å²) >= 11 is 0. The lowest BCUT2D eigenvalue weighted by Crippen LogP contribution is -2.18. The van der Waals surface area contributed by atoms with Crippen LogP contribution in [0.5, 0.6) is 0 Å². The first-order valence-corrected chi connectivity index (χ1v) is 6.63. The van der Waals surface area contributed by atoms with Crippen LogP contribution >= 0.6 is 12.4 Å². The van der Waals surface area contributed by atoms with Crippen LogP contribution in [0.1, 0.15) is 37.3 Å². The molecule has 0 aromatic heterocycles. The summed E-state index contributed by atoms with van der Waals surface area (Å²) in [5, 5.41) is 0. The molecule has 1 aliphatic rings. The van der Waals surface area contributed by atoms with E-state index in [2.05, 4.69) is 4.90 Å². The minimum Gasteiger partial charge on any atom is -0.372 e. The highest BCUT2D eigenvalue weighted by Gasteiger charge is 2.27. The Labute approximate surface area is 123 Å². The number of rotatable bonds is 4. The Morgan fingerprint density at radius 2 is 1.65 bits per heavy atom. The van der Waals surface area contributed by atoms with Gasteiger partial charge in [0.25, 0.3) is 0 Å². The number of hydrogen-bond acceptors (Lipinski definition) is 2. The van der Waals surface area contributed by atoms with E-state index >= 15 is 0 Å². The van der Waals surface area contributed by atoms with Crippen LogP contribution in [-0.4, -0.2) is 19.3 Å². The van der Waals surface area contributed by atoms with Crippen molar-refractivity contribution >= 4 is 18.1 Å². The molecule has 1 aromatic rings. The molecule has 114 valence electrons. The molecule has 0 radical (unpaired) electrons. The van der Waals surface area contributed by atoms with E-state index in [0.717, 1.165) is 24.3 Å². The summed E-state index contributed by atoms with van der Waals surface area (Å²) in [5.74, 6) is 0.